The van der Waals surface area contributed by atoms with Gasteiger partial charge < -0.3 is 9.31 Å². The molecule has 1 aliphatic heterocycles. The van der Waals surface area contributed by atoms with E-state index in [1.54, 1.807) is 6.20 Å². The lowest BCUT2D eigenvalue weighted by atomic mass is 9.76. The molecular formula is C25H36BNO3S. The molecule has 0 saturated carbocycles. The van der Waals surface area contributed by atoms with Gasteiger partial charge in [0, 0.05) is 18.0 Å². The van der Waals surface area contributed by atoms with Crippen LogP contribution in [0.25, 0.3) is 0 Å². The van der Waals surface area contributed by atoms with Crippen LogP contribution in [0.1, 0.15) is 100.0 Å². The average Bonchev–Trinajstić information content (AvgIpc) is 3.23. The van der Waals surface area contributed by atoms with E-state index in [2.05, 4.69) is 85.5 Å². The van der Waals surface area contributed by atoms with Crippen LogP contribution in [-0.4, -0.2) is 29.1 Å². The molecular weight excluding hydrogens is 405 g/mol. The molecule has 0 spiro atoms. The van der Waals surface area contributed by atoms with Crippen LogP contribution >= 0.6 is 11.3 Å². The predicted molar refractivity (Wildman–Crippen MR) is 130 cm³/mol. The number of ketones is 1. The molecule has 1 aromatic heterocycles. The molecule has 2 heterocycles. The van der Waals surface area contributed by atoms with Crippen molar-refractivity contribution in [2.45, 2.75) is 97.7 Å². The molecule has 31 heavy (non-hydrogen) atoms. The number of rotatable bonds is 6. The summed E-state index contributed by atoms with van der Waals surface area (Å²) in [5.41, 5.74) is 2.67. The standard InChI is InChI=1S/C25H36BNO3S/c1-10-17(14-20(28)21-15-27-22(31-21)23(3,4)5)19-12-11-18(13-16(19)2)26-29-24(6,7)25(8,9)30-26/h11-13,15,17H,10,14H2,1-9H3. The van der Waals surface area contributed by atoms with Crippen LogP contribution in [0.4, 0.5) is 0 Å². The van der Waals surface area contributed by atoms with Crippen LogP contribution in [0.5, 0.6) is 0 Å². The molecule has 1 unspecified atom stereocenters. The molecule has 0 N–H and O–H groups in total. The molecule has 1 aromatic carbocycles. The highest BCUT2D eigenvalue weighted by Gasteiger charge is 2.51. The molecule has 1 saturated heterocycles. The van der Waals surface area contributed by atoms with Crippen molar-refractivity contribution in [3.63, 3.8) is 0 Å². The summed E-state index contributed by atoms with van der Waals surface area (Å²) in [7, 11) is -0.368. The Hall–Kier alpha value is -1.50. The Labute approximate surface area is 191 Å². The van der Waals surface area contributed by atoms with E-state index in [1.807, 2.05) is 0 Å². The van der Waals surface area contributed by atoms with Crippen LogP contribution in [0.3, 0.4) is 0 Å². The largest absolute Gasteiger partial charge is 0.494 e. The third kappa shape index (κ3) is 4.97. The highest BCUT2D eigenvalue weighted by Crippen LogP contribution is 2.37. The zero-order chi connectivity index (χ0) is 23.2. The number of hydrogen-bond donors (Lipinski definition) is 0. The van der Waals surface area contributed by atoms with Crippen molar-refractivity contribution in [3.05, 3.63) is 45.4 Å². The fourth-order valence-corrected chi connectivity index (χ4v) is 4.75. The Morgan fingerprint density at radius 1 is 1.16 bits per heavy atom. The summed E-state index contributed by atoms with van der Waals surface area (Å²) < 4.78 is 12.4. The van der Waals surface area contributed by atoms with Crippen LogP contribution in [-0.2, 0) is 14.7 Å². The summed E-state index contributed by atoms with van der Waals surface area (Å²) in [6, 6.07) is 6.38. The molecule has 3 rings (SSSR count). The fraction of sp³-hybridized carbons (Fsp3) is 0.600. The molecule has 0 bridgehead atoms. The number of carbonyl (C=O) groups is 1. The van der Waals surface area contributed by atoms with Crippen LogP contribution in [0.15, 0.2) is 24.4 Å². The van der Waals surface area contributed by atoms with E-state index in [0.29, 0.717) is 6.42 Å². The maximum absolute atomic E-state index is 13.0. The highest BCUT2D eigenvalue weighted by molar-refractivity contribution is 7.13. The van der Waals surface area contributed by atoms with Gasteiger partial charge in [0.05, 0.1) is 21.1 Å². The van der Waals surface area contributed by atoms with Gasteiger partial charge in [0.2, 0.25) is 0 Å². The Morgan fingerprint density at radius 3 is 2.26 bits per heavy atom. The number of hydrogen-bond acceptors (Lipinski definition) is 5. The van der Waals surface area contributed by atoms with Crippen molar-refractivity contribution in [2.24, 2.45) is 0 Å². The monoisotopic (exact) mass is 441 g/mol. The minimum Gasteiger partial charge on any atom is -0.399 e. The van der Waals surface area contributed by atoms with Crippen molar-refractivity contribution >= 4 is 29.7 Å². The quantitative estimate of drug-likeness (QED) is 0.419. The number of benzene rings is 1. The molecule has 6 heteroatoms. The van der Waals surface area contributed by atoms with Gasteiger partial charge in [-0.25, -0.2) is 4.98 Å². The molecule has 1 aliphatic rings. The Balaban J connectivity index is 1.77. The average molecular weight is 441 g/mol. The summed E-state index contributed by atoms with van der Waals surface area (Å²) in [5.74, 6) is 0.356. The lowest BCUT2D eigenvalue weighted by Crippen LogP contribution is -2.41. The Bertz CT molecular complexity index is 942. The number of thiazole rings is 1. The Kier molecular flexibility index (Phi) is 6.59. The minimum atomic E-state index is -0.368. The first kappa shape index (κ1) is 24.2. The molecule has 4 nitrogen and oxygen atoms in total. The van der Waals surface area contributed by atoms with Gasteiger partial charge in [-0.1, -0.05) is 45.9 Å². The van der Waals surface area contributed by atoms with E-state index in [-0.39, 0.29) is 35.4 Å². The lowest BCUT2D eigenvalue weighted by Gasteiger charge is -2.32. The van der Waals surface area contributed by atoms with Gasteiger partial charge in [-0.3, -0.25) is 4.79 Å². The molecule has 2 aromatic rings. The smallest absolute Gasteiger partial charge is 0.399 e. The topological polar surface area (TPSA) is 48.4 Å². The third-order valence-electron chi connectivity index (χ3n) is 6.61. The number of nitrogens with zero attached hydrogens (tertiary/aromatic N) is 1. The number of aryl methyl sites for hydroxylation is 1. The normalized spacial score (nSPS) is 18.9. The van der Waals surface area contributed by atoms with Gasteiger partial charge >= 0.3 is 7.12 Å². The number of Topliss-reactive ketones (excluding diaryl/α,β-unsaturated/α-hetero) is 1. The van der Waals surface area contributed by atoms with E-state index in [1.165, 1.54) is 22.5 Å². The maximum atomic E-state index is 13.0. The number of aromatic nitrogens is 1. The zero-order valence-electron chi connectivity index (χ0n) is 20.5. The van der Waals surface area contributed by atoms with Gasteiger partial charge in [-0.15, -0.1) is 11.3 Å². The van der Waals surface area contributed by atoms with E-state index in [4.69, 9.17) is 9.31 Å². The summed E-state index contributed by atoms with van der Waals surface area (Å²) in [6.45, 7) is 18.9. The van der Waals surface area contributed by atoms with Crippen LogP contribution in [0.2, 0.25) is 0 Å². The summed E-state index contributed by atoms with van der Waals surface area (Å²) in [5, 5.41) is 1.01. The maximum Gasteiger partial charge on any atom is 0.494 e. The lowest BCUT2D eigenvalue weighted by molar-refractivity contribution is 0.00578. The predicted octanol–water partition coefficient (Wildman–Crippen LogP) is 5.81. The van der Waals surface area contributed by atoms with Gasteiger partial charge in [0.1, 0.15) is 0 Å². The summed E-state index contributed by atoms with van der Waals surface area (Å²) in [4.78, 5) is 18.2. The fourth-order valence-electron chi connectivity index (χ4n) is 3.83. The van der Waals surface area contributed by atoms with E-state index in [0.717, 1.165) is 21.8 Å². The second kappa shape index (κ2) is 8.45. The third-order valence-corrected chi connectivity index (χ3v) is 8.07. The number of carbonyl (C=O) groups excluding carboxylic acids is 1. The second-order valence-corrected chi connectivity index (χ2v) is 11.7. The van der Waals surface area contributed by atoms with Crippen molar-refractivity contribution in [2.75, 3.05) is 0 Å². The second-order valence-electron chi connectivity index (χ2n) is 10.7. The van der Waals surface area contributed by atoms with E-state index in [9.17, 15) is 4.79 Å². The molecule has 168 valence electrons. The van der Waals surface area contributed by atoms with E-state index >= 15 is 0 Å². The Morgan fingerprint density at radius 2 is 1.77 bits per heavy atom. The minimum absolute atomic E-state index is 0.0344. The van der Waals surface area contributed by atoms with Gasteiger partial charge in [-0.2, -0.15) is 0 Å². The molecule has 1 fully saturated rings. The molecule has 0 radical (unpaired) electrons. The van der Waals surface area contributed by atoms with E-state index < -0.39 is 0 Å². The summed E-state index contributed by atoms with van der Waals surface area (Å²) in [6.07, 6.45) is 3.15. The van der Waals surface area contributed by atoms with Crippen LogP contribution < -0.4 is 5.46 Å². The molecule has 0 amide bonds. The van der Waals surface area contributed by atoms with Crippen LogP contribution in [0, 0.1) is 6.92 Å². The SMILES string of the molecule is CCC(CC(=O)c1cnc(C(C)(C)C)s1)c1ccc(B2OC(C)(C)C(C)(C)O2)cc1C. The van der Waals surface area contributed by atoms with Crippen molar-refractivity contribution in [1.82, 2.24) is 4.98 Å². The molecule has 0 aliphatic carbocycles. The first-order valence-electron chi connectivity index (χ1n) is 11.2. The summed E-state index contributed by atoms with van der Waals surface area (Å²) >= 11 is 1.52. The first-order chi connectivity index (χ1) is 14.2. The van der Waals surface area contributed by atoms with Gasteiger partial charge in [0.15, 0.2) is 5.78 Å². The highest BCUT2D eigenvalue weighted by atomic mass is 32.1. The first-order valence-corrected chi connectivity index (χ1v) is 12.0. The molecule has 1 atom stereocenters. The van der Waals surface area contributed by atoms with Gasteiger partial charge in [-0.05, 0) is 63.5 Å². The zero-order valence-corrected chi connectivity index (χ0v) is 21.3. The van der Waals surface area contributed by atoms with Crippen molar-refractivity contribution in [3.8, 4) is 0 Å². The van der Waals surface area contributed by atoms with Gasteiger partial charge in [0.25, 0.3) is 0 Å². The van der Waals surface area contributed by atoms with Crippen molar-refractivity contribution in [1.29, 1.82) is 0 Å². The van der Waals surface area contributed by atoms with Crippen molar-refractivity contribution < 1.29 is 14.1 Å².